The first-order valence-corrected chi connectivity index (χ1v) is 2.78. The summed E-state index contributed by atoms with van der Waals surface area (Å²) < 4.78 is 4.36. The molecular weight excluding hydrogens is 130 g/mol. The van der Waals surface area contributed by atoms with E-state index < -0.39 is 12.0 Å². The fraction of sp³-hybridized carbons (Fsp3) is 0.286. The normalized spacial score (nSPS) is 11.8. The maximum atomic E-state index is 10.7. The average molecular weight is 141 g/mol. The van der Waals surface area contributed by atoms with Gasteiger partial charge in [0.1, 0.15) is 6.04 Å². The van der Waals surface area contributed by atoms with Crippen LogP contribution in [-0.4, -0.2) is 19.1 Å². The Kier molecular flexibility index (Phi) is 3.43. The van der Waals surface area contributed by atoms with Crippen molar-refractivity contribution < 1.29 is 9.53 Å². The van der Waals surface area contributed by atoms with Gasteiger partial charge in [-0.15, -0.1) is 0 Å². The second-order valence-electron chi connectivity index (χ2n) is 1.78. The Morgan fingerprint density at radius 2 is 2.30 bits per heavy atom. The third-order valence-electron chi connectivity index (χ3n) is 1.12. The van der Waals surface area contributed by atoms with Crippen LogP contribution in [0.2, 0.25) is 0 Å². The molecule has 2 N–H and O–H groups in total. The lowest BCUT2D eigenvalue weighted by Crippen LogP contribution is -2.32. The van der Waals surface area contributed by atoms with E-state index in [9.17, 15) is 4.79 Å². The summed E-state index contributed by atoms with van der Waals surface area (Å²) in [7, 11) is 1.28. The number of hydrogen-bond donors (Lipinski definition) is 1. The fourth-order valence-electron chi connectivity index (χ4n) is 0.405. The SMILES string of the molecule is C=CC(=C)C(N)C(=O)OC. The van der Waals surface area contributed by atoms with Crippen molar-refractivity contribution in [3.8, 4) is 0 Å². The highest BCUT2D eigenvalue weighted by molar-refractivity contribution is 5.79. The number of ether oxygens (including phenoxy) is 1. The largest absolute Gasteiger partial charge is 0.468 e. The van der Waals surface area contributed by atoms with Crippen molar-refractivity contribution in [1.82, 2.24) is 0 Å². The molecule has 1 atom stereocenters. The summed E-state index contributed by atoms with van der Waals surface area (Å²) in [6.45, 7) is 6.91. The minimum Gasteiger partial charge on any atom is -0.468 e. The second kappa shape index (κ2) is 3.85. The van der Waals surface area contributed by atoms with Gasteiger partial charge < -0.3 is 10.5 Å². The van der Waals surface area contributed by atoms with E-state index in [1.54, 1.807) is 0 Å². The maximum absolute atomic E-state index is 10.7. The molecule has 10 heavy (non-hydrogen) atoms. The van der Waals surface area contributed by atoms with Crippen LogP contribution in [0.15, 0.2) is 24.8 Å². The summed E-state index contributed by atoms with van der Waals surface area (Å²) in [5.41, 5.74) is 5.80. The number of carbonyl (C=O) groups excluding carboxylic acids is 1. The number of esters is 1. The Balaban J connectivity index is 4.06. The molecule has 3 nitrogen and oxygen atoms in total. The van der Waals surface area contributed by atoms with Gasteiger partial charge >= 0.3 is 5.97 Å². The van der Waals surface area contributed by atoms with E-state index in [4.69, 9.17) is 5.73 Å². The predicted octanol–water partition coefficient (Wildman–Crippen LogP) is 0.229. The van der Waals surface area contributed by atoms with Gasteiger partial charge in [0.2, 0.25) is 0 Å². The van der Waals surface area contributed by atoms with Crippen molar-refractivity contribution in [2.45, 2.75) is 6.04 Å². The van der Waals surface area contributed by atoms with E-state index in [1.165, 1.54) is 13.2 Å². The van der Waals surface area contributed by atoms with Crippen molar-refractivity contribution in [2.75, 3.05) is 7.11 Å². The van der Waals surface area contributed by atoms with Gasteiger partial charge in [-0.25, -0.2) is 0 Å². The molecule has 0 fully saturated rings. The first-order chi connectivity index (χ1) is 4.63. The van der Waals surface area contributed by atoms with Gasteiger partial charge in [0.05, 0.1) is 7.11 Å². The third kappa shape index (κ3) is 2.03. The van der Waals surface area contributed by atoms with Gasteiger partial charge in [0.25, 0.3) is 0 Å². The molecular formula is C7H11NO2. The number of nitrogens with two attached hydrogens (primary N) is 1. The lowest BCUT2D eigenvalue weighted by atomic mass is 10.1. The molecule has 0 aliphatic heterocycles. The highest BCUT2D eigenvalue weighted by Gasteiger charge is 2.13. The van der Waals surface area contributed by atoms with E-state index in [-0.39, 0.29) is 0 Å². The number of carbonyl (C=O) groups is 1. The summed E-state index contributed by atoms with van der Waals surface area (Å²) in [4.78, 5) is 10.7. The molecule has 0 saturated heterocycles. The predicted molar refractivity (Wildman–Crippen MR) is 39.3 cm³/mol. The zero-order valence-corrected chi connectivity index (χ0v) is 5.96. The minimum atomic E-state index is -0.775. The molecule has 0 spiro atoms. The summed E-state index contributed by atoms with van der Waals surface area (Å²) in [5, 5.41) is 0. The van der Waals surface area contributed by atoms with Gasteiger partial charge in [-0.2, -0.15) is 0 Å². The third-order valence-corrected chi connectivity index (χ3v) is 1.12. The molecule has 0 saturated carbocycles. The van der Waals surface area contributed by atoms with E-state index in [2.05, 4.69) is 17.9 Å². The summed E-state index contributed by atoms with van der Waals surface area (Å²) in [6, 6.07) is -0.775. The van der Waals surface area contributed by atoms with Crippen LogP contribution in [0.25, 0.3) is 0 Å². The van der Waals surface area contributed by atoms with Crippen LogP contribution < -0.4 is 5.73 Å². The zero-order valence-electron chi connectivity index (χ0n) is 5.96. The fourth-order valence-corrected chi connectivity index (χ4v) is 0.405. The van der Waals surface area contributed by atoms with Crippen LogP contribution in [-0.2, 0) is 9.53 Å². The van der Waals surface area contributed by atoms with Crippen LogP contribution >= 0.6 is 0 Å². The van der Waals surface area contributed by atoms with Gasteiger partial charge in [-0.1, -0.05) is 19.2 Å². The van der Waals surface area contributed by atoms with Crippen molar-refractivity contribution >= 4 is 5.97 Å². The van der Waals surface area contributed by atoms with E-state index in [0.717, 1.165) is 0 Å². The quantitative estimate of drug-likeness (QED) is 0.452. The summed E-state index contributed by atoms with van der Waals surface area (Å²) >= 11 is 0. The zero-order chi connectivity index (χ0) is 8.15. The Bertz CT molecular complexity index is 163. The van der Waals surface area contributed by atoms with Gasteiger partial charge in [-0.3, -0.25) is 4.79 Å². The van der Waals surface area contributed by atoms with Crippen molar-refractivity contribution in [2.24, 2.45) is 5.73 Å². The highest BCUT2D eigenvalue weighted by atomic mass is 16.5. The Morgan fingerprint density at radius 1 is 1.80 bits per heavy atom. The number of methoxy groups -OCH3 is 1. The molecule has 56 valence electrons. The molecule has 0 radical (unpaired) electrons. The van der Waals surface area contributed by atoms with E-state index in [0.29, 0.717) is 5.57 Å². The maximum Gasteiger partial charge on any atom is 0.327 e. The topological polar surface area (TPSA) is 52.3 Å². The Labute approximate surface area is 60.2 Å². The average Bonchev–Trinajstić information content (AvgIpc) is 2.00. The van der Waals surface area contributed by atoms with E-state index in [1.807, 2.05) is 0 Å². The van der Waals surface area contributed by atoms with Crippen LogP contribution in [0.1, 0.15) is 0 Å². The van der Waals surface area contributed by atoms with E-state index >= 15 is 0 Å². The first kappa shape index (κ1) is 8.91. The Hall–Kier alpha value is -1.09. The molecule has 0 aliphatic rings. The molecule has 0 bridgehead atoms. The standard InChI is InChI=1S/C7H11NO2/c1-4-5(2)6(8)7(9)10-3/h4,6H,1-2,8H2,3H3. The van der Waals surface area contributed by atoms with Gasteiger partial charge in [-0.05, 0) is 5.57 Å². The molecule has 0 aromatic heterocycles. The summed E-state index contributed by atoms with van der Waals surface area (Å²) in [5.74, 6) is -0.495. The first-order valence-electron chi connectivity index (χ1n) is 2.78. The molecule has 0 aromatic rings. The van der Waals surface area contributed by atoms with Gasteiger partial charge in [0, 0.05) is 0 Å². The molecule has 0 amide bonds. The number of rotatable bonds is 3. The Morgan fingerprint density at radius 3 is 2.60 bits per heavy atom. The van der Waals surface area contributed by atoms with Crippen LogP contribution in [0, 0.1) is 0 Å². The van der Waals surface area contributed by atoms with Crippen molar-refractivity contribution in [3.05, 3.63) is 24.8 Å². The molecule has 1 unspecified atom stereocenters. The van der Waals surface area contributed by atoms with Crippen LogP contribution in [0.4, 0.5) is 0 Å². The lowest BCUT2D eigenvalue weighted by Gasteiger charge is -2.07. The van der Waals surface area contributed by atoms with Crippen LogP contribution in [0.3, 0.4) is 0 Å². The molecule has 0 aliphatic carbocycles. The number of hydrogen-bond acceptors (Lipinski definition) is 3. The monoisotopic (exact) mass is 141 g/mol. The lowest BCUT2D eigenvalue weighted by molar-refractivity contribution is -0.141. The van der Waals surface area contributed by atoms with Crippen molar-refractivity contribution in [3.63, 3.8) is 0 Å². The van der Waals surface area contributed by atoms with Gasteiger partial charge in [0.15, 0.2) is 0 Å². The van der Waals surface area contributed by atoms with Crippen LogP contribution in [0.5, 0.6) is 0 Å². The smallest absolute Gasteiger partial charge is 0.327 e. The molecule has 0 aromatic carbocycles. The molecule has 0 heterocycles. The van der Waals surface area contributed by atoms with Crippen molar-refractivity contribution in [1.29, 1.82) is 0 Å². The second-order valence-corrected chi connectivity index (χ2v) is 1.78. The minimum absolute atomic E-state index is 0.465. The highest BCUT2D eigenvalue weighted by Crippen LogP contribution is 1.98. The molecule has 0 rings (SSSR count). The molecule has 3 heteroatoms. The summed E-state index contributed by atoms with van der Waals surface area (Å²) in [6.07, 6.45) is 1.43.